The molecule has 0 aromatic rings. The first-order valence-electron chi connectivity index (χ1n) is 0. The van der Waals surface area contributed by atoms with Gasteiger partial charge in [0, 0.05) is 0 Å². The Morgan fingerprint density at radius 3 is 0.500 bits per heavy atom. The minimum atomic E-state index is 0. The summed E-state index contributed by atoms with van der Waals surface area (Å²) in [6, 6.07) is 0. The number of hydrogen-bond acceptors (Lipinski definition) is 0. The molecule has 0 aromatic carbocycles. The fraction of sp³-hybridized carbons (Fsp3) is 0. The van der Waals surface area contributed by atoms with Crippen LogP contribution in [0.4, 0.5) is 0 Å². The van der Waals surface area contributed by atoms with Crippen molar-refractivity contribution in [2.24, 2.45) is 0 Å². The number of rotatable bonds is 0. The molecule has 0 saturated heterocycles. The molecule has 3 nitrogen and oxygen atoms in total. The van der Waals surface area contributed by atoms with E-state index in [0.29, 0.717) is 0 Å². The maximum Gasteiger partial charge on any atom is 2.00 e. The molecule has 0 aliphatic carbocycles. The molecule has 0 rings (SSSR count). The van der Waals surface area contributed by atoms with Gasteiger partial charge in [-0.25, -0.2) is 0 Å². The molecular weight excluding hydrogens is 291 g/mol. The van der Waals surface area contributed by atoms with Gasteiger partial charge in [0.25, 0.3) is 0 Å². The van der Waals surface area contributed by atoms with Gasteiger partial charge in [0.1, 0.15) is 0 Å². The molecule has 0 amide bonds. The first-order valence-corrected chi connectivity index (χ1v) is 0. The SMILES string of the molecule is [Cd+2].[O-2].[O-2].[O-2].[Zn+2].[Zn+2]. The molecule has 0 aliphatic heterocycles. The molecule has 0 spiro atoms. The maximum atomic E-state index is 0. The molecule has 0 atom stereocenters. The fourth-order valence-corrected chi connectivity index (χ4v) is 0. The van der Waals surface area contributed by atoms with Gasteiger partial charge >= 0.3 is 66.3 Å². The van der Waals surface area contributed by atoms with Crippen molar-refractivity contribution < 1.29 is 82.7 Å². The molecule has 0 N–H and O–H groups in total. The van der Waals surface area contributed by atoms with E-state index in [4.69, 9.17) is 0 Å². The van der Waals surface area contributed by atoms with E-state index in [-0.39, 0.29) is 82.7 Å². The van der Waals surface area contributed by atoms with Crippen LogP contribution in [-0.2, 0) is 82.7 Å². The van der Waals surface area contributed by atoms with Crippen LogP contribution in [-0.4, -0.2) is 0 Å². The normalized spacial score (nSPS) is 0. The fourth-order valence-electron chi connectivity index (χ4n) is 0. The predicted molar refractivity (Wildman–Crippen MR) is 2.06 cm³/mol. The van der Waals surface area contributed by atoms with Gasteiger partial charge in [-0.05, 0) is 0 Å². The number of hydrogen-bond donors (Lipinski definition) is 0. The molecule has 0 aromatic heterocycles. The zero-order valence-corrected chi connectivity index (χ0v) is 13.3. The first kappa shape index (κ1) is 95.3. The third kappa shape index (κ3) is 36.7. The van der Waals surface area contributed by atoms with E-state index in [9.17, 15) is 0 Å². The van der Waals surface area contributed by atoms with Crippen LogP contribution < -0.4 is 0 Å². The summed E-state index contributed by atoms with van der Waals surface area (Å²) in [5.41, 5.74) is 0. The second-order valence-corrected chi connectivity index (χ2v) is 0. The van der Waals surface area contributed by atoms with Crippen LogP contribution in [0.3, 0.4) is 0 Å². The summed E-state index contributed by atoms with van der Waals surface area (Å²) in [7, 11) is 0. The molecule has 24 valence electrons. The van der Waals surface area contributed by atoms with E-state index in [2.05, 4.69) is 0 Å². The maximum absolute atomic E-state index is 0. The van der Waals surface area contributed by atoms with Crippen LogP contribution in [0.1, 0.15) is 0 Å². The molecule has 6 heavy (non-hydrogen) atoms. The van der Waals surface area contributed by atoms with Crippen molar-refractivity contribution in [2.75, 3.05) is 0 Å². The summed E-state index contributed by atoms with van der Waals surface area (Å²) in [4.78, 5) is 0. The Morgan fingerprint density at radius 2 is 0.500 bits per heavy atom. The van der Waals surface area contributed by atoms with Crippen LogP contribution in [0, 0.1) is 0 Å². The minimum absolute atomic E-state index is 0. The minimum Gasteiger partial charge on any atom is -2.00 e. The van der Waals surface area contributed by atoms with Crippen molar-refractivity contribution in [2.45, 2.75) is 0 Å². The molecule has 0 heterocycles. The van der Waals surface area contributed by atoms with E-state index >= 15 is 0 Å². The van der Waals surface area contributed by atoms with Gasteiger partial charge in [-0.2, -0.15) is 0 Å². The van der Waals surface area contributed by atoms with Crippen molar-refractivity contribution in [3.05, 3.63) is 0 Å². The molecule has 0 radical (unpaired) electrons. The third-order valence-corrected chi connectivity index (χ3v) is 0. The standard InChI is InChI=1S/Cd.3O.2Zn/q+2;3*-2;2*+2. The Morgan fingerprint density at radius 1 is 0.500 bits per heavy atom. The Bertz CT molecular complexity index is 8.75. The van der Waals surface area contributed by atoms with Crippen LogP contribution in [0.2, 0.25) is 0 Å². The summed E-state index contributed by atoms with van der Waals surface area (Å²) in [5.74, 6) is 0. The summed E-state index contributed by atoms with van der Waals surface area (Å²) in [5, 5.41) is 0. The molecule has 0 fully saturated rings. The molecule has 6 heteroatoms. The zero-order chi connectivity index (χ0) is 0. The Kier molecular flexibility index (Phi) is 976. The quantitative estimate of drug-likeness (QED) is 0.546. The van der Waals surface area contributed by atoms with E-state index < -0.39 is 0 Å². The summed E-state index contributed by atoms with van der Waals surface area (Å²) < 4.78 is 0. The van der Waals surface area contributed by atoms with E-state index in [1.165, 1.54) is 0 Å². The second-order valence-electron chi connectivity index (χ2n) is 0. The molecule has 0 unspecified atom stereocenters. The molecule has 0 saturated carbocycles. The Hall–Kier alpha value is 2.05. The molecule has 0 bridgehead atoms. The average Bonchev–Trinajstić information content (AvgIpc) is 0. The van der Waals surface area contributed by atoms with Gasteiger partial charge in [0.15, 0.2) is 0 Å². The van der Waals surface area contributed by atoms with Crippen molar-refractivity contribution in [3.8, 4) is 0 Å². The first-order chi connectivity index (χ1) is 0. The van der Waals surface area contributed by atoms with Crippen molar-refractivity contribution in [3.63, 3.8) is 0 Å². The van der Waals surface area contributed by atoms with E-state index in [1.54, 1.807) is 0 Å². The average molecular weight is 291 g/mol. The smallest absolute Gasteiger partial charge is 2.00 e. The summed E-state index contributed by atoms with van der Waals surface area (Å²) in [6.45, 7) is 0. The summed E-state index contributed by atoms with van der Waals surface area (Å²) >= 11 is 0. The van der Waals surface area contributed by atoms with Crippen LogP contribution >= 0.6 is 0 Å². The zero-order valence-electron chi connectivity index (χ0n) is 3.35. The second kappa shape index (κ2) is 61.4. The monoisotopic (exact) mass is 290 g/mol. The Labute approximate surface area is 81.9 Å². The third-order valence-electron chi connectivity index (χ3n) is 0. The molecular formula is CdO3Zn2. The predicted octanol–water partition coefficient (Wildman–Crippen LogP) is -0.364. The largest absolute Gasteiger partial charge is 2.00 e. The topological polar surface area (TPSA) is 85.5 Å². The van der Waals surface area contributed by atoms with Crippen LogP contribution in [0.25, 0.3) is 0 Å². The van der Waals surface area contributed by atoms with Gasteiger partial charge in [0.2, 0.25) is 0 Å². The van der Waals surface area contributed by atoms with Gasteiger partial charge in [-0.15, -0.1) is 0 Å². The van der Waals surface area contributed by atoms with Gasteiger partial charge < -0.3 is 16.4 Å². The van der Waals surface area contributed by atoms with Crippen molar-refractivity contribution in [1.82, 2.24) is 0 Å². The van der Waals surface area contributed by atoms with E-state index in [0.717, 1.165) is 0 Å². The van der Waals surface area contributed by atoms with Gasteiger partial charge in [-0.3, -0.25) is 0 Å². The summed E-state index contributed by atoms with van der Waals surface area (Å²) in [6.07, 6.45) is 0. The van der Waals surface area contributed by atoms with Gasteiger partial charge in [-0.1, -0.05) is 0 Å². The van der Waals surface area contributed by atoms with Crippen LogP contribution in [0.5, 0.6) is 0 Å². The molecule has 0 aliphatic rings. The van der Waals surface area contributed by atoms with Crippen molar-refractivity contribution in [1.29, 1.82) is 0 Å². The van der Waals surface area contributed by atoms with E-state index in [1.807, 2.05) is 0 Å². The Balaban J connectivity index is 0. The van der Waals surface area contributed by atoms with Crippen molar-refractivity contribution >= 4 is 0 Å². The van der Waals surface area contributed by atoms with Gasteiger partial charge in [0.05, 0.1) is 0 Å². The van der Waals surface area contributed by atoms with Crippen LogP contribution in [0.15, 0.2) is 0 Å².